The van der Waals surface area contributed by atoms with Crippen molar-refractivity contribution in [3.05, 3.63) is 50.9 Å². The normalized spacial score (nSPS) is 17.2. The molecular weight excluding hydrogens is 330 g/mol. The Labute approximate surface area is 142 Å². The number of amides is 1. The van der Waals surface area contributed by atoms with E-state index in [9.17, 15) is 4.79 Å². The minimum absolute atomic E-state index is 0.0370. The topological polar surface area (TPSA) is 57.8 Å². The van der Waals surface area contributed by atoms with Crippen molar-refractivity contribution in [2.24, 2.45) is 0 Å². The molecule has 23 heavy (non-hydrogen) atoms. The van der Waals surface area contributed by atoms with E-state index >= 15 is 0 Å². The van der Waals surface area contributed by atoms with E-state index in [1.54, 1.807) is 17.5 Å². The molecule has 118 valence electrons. The zero-order chi connectivity index (χ0) is 15.8. The van der Waals surface area contributed by atoms with Gasteiger partial charge in [-0.05, 0) is 48.6 Å². The van der Waals surface area contributed by atoms with Crippen LogP contribution < -0.4 is 5.32 Å². The van der Waals surface area contributed by atoms with Crippen molar-refractivity contribution in [3.63, 3.8) is 0 Å². The SMILES string of the molecule is O=C(Cc1c[nH]c2ncccc12)N[C@@H]1CCCc2sc(Cl)cc21. The summed E-state index contributed by atoms with van der Waals surface area (Å²) in [5.74, 6) is 0.0370. The van der Waals surface area contributed by atoms with Crippen molar-refractivity contribution in [2.75, 3.05) is 0 Å². The van der Waals surface area contributed by atoms with Gasteiger partial charge in [0.2, 0.25) is 5.91 Å². The molecule has 2 N–H and O–H groups in total. The Morgan fingerprint density at radius 1 is 1.52 bits per heavy atom. The van der Waals surface area contributed by atoms with Gasteiger partial charge in [-0.15, -0.1) is 11.3 Å². The van der Waals surface area contributed by atoms with E-state index in [1.807, 2.05) is 24.4 Å². The average molecular weight is 346 g/mol. The van der Waals surface area contributed by atoms with Crippen molar-refractivity contribution in [1.29, 1.82) is 0 Å². The third-order valence-corrected chi connectivity index (χ3v) is 5.65. The summed E-state index contributed by atoms with van der Waals surface area (Å²) in [4.78, 5) is 21.1. The highest BCUT2D eigenvalue weighted by Crippen LogP contribution is 2.37. The minimum Gasteiger partial charge on any atom is -0.349 e. The molecular formula is C17H16ClN3OS. The fourth-order valence-electron chi connectivity index (χ4n) is 3.25. The number of carbonyl (C=O) groups is 1. The number of hydrogen-bond donors (Lipinski definition) is 2. The molecule has 0 aromatic carbocycles. The van der Waals surface area contributed by atoms with Gasteiger partial charge in [0, 0.05) is 22.7 Å². The molecule has 1 aliphatic rings. The maximum Gasteiger partial charge on any atom is 0.224 e. The molecule has 0 bridgehead atoms. The van der Waals surface area contributed by atoms with E-state index < -0.39 is 0 Å². The van der Waals surface area contributed by atoms with Crippen molar-refractivity contribution in [1.82, 2.24) is 15.3 Å². The predicted molar refractivity (Wildman–Crippen MR) is 92.9 cm³/mol. The molecule has 0 saturated carbocycles. The molecule has 0 fully saturated rings. The summed E-state index contributed by atoms with van der Waals surface area (Å²) >= 11 is 7.76. The number of H-pyrrole nitrogens is 1. The molecule has 4 nitrogen and oxygen atoms in total. The molecule has 0 saturated heterocycles. The molecule has 0 aliphatic heterocycles. The van der Waals surface area contributed by atoms with Gasteiger partial charge in [-0.1, -0.05) is 11.6 Å². The van der Waals surface area contributed by atoms with Gasteiger partial charge in [0.15, 0.2) is 0 Å². The molecule has 3 heterocycles. The number of halogens is 1. The fraction of sp³-hybridized carbons (Fsp3) is 0.294. The van der Waals surface area contributed by atoms with Crippen LogP contribution in [0, 0.1) is 0 Å². The summed E-state index contributed by atoms with van der Waals surface area (Å²) < 4.78 is 0.804. The van der Waals surface area contributed by atoms with E-state index in [0.717, 1.165) is 40.2 Å². The van der Waals surface area contributed by atoms with Gasteiger partial charge in [0.25, 0.3) is 0 Å². The van der Waals surface area contributed by atoms with Crippen LogP contribution in [0.25, 0.3) is 11.0 Å². The maximum absolute atomic E-state index is 12.5. The van der Waals surface area contributed by atoms with Crippen LogP contribution in [0.4, 0.5) is 0 Å². The number of nitrogens with one attached hydrogen (secondary N) is 2. The van der Waals surface area contributed by atoms with E-state index in [-0.39, 0.29) is 11.9 Å². The molecule has 1 atom stereocenters. The lowest BCUT2D eigenvalue weighted by atomic mass is 9.94. The zero-order valence-corrected chi connectivity index (χ0v) is 14.0. The molecule has 6 heteroatoms. The van der Waals surface area contributed by atoms with E-state index in [2.05, 4.69) is 15.3 Å². The van der Waals surface area contributed by atoms with Crippen LogP contribution in [0.1, 0.15) is 34.9 Å². The highest BCUT2D eigenvalue weighted by molar-refractivity contribution is 7.16. The average Bonchev–Trinajstić information content (AvgIpc) is 3.11. The second-order valence-corrected chi connectivity index (χ2v) is 7.60. The lowest BCUT2D eigenvalue weighted by Gasteiger charge is -2.23. The van der Waals surface area contributed by atoms with E-state index in [1.165, 1.54) is 10.4 Å². The third-order valence-electron chi connectivity index (χ3n) is 4.31. The van der Waals surface area contributed by atoms with E-state index in [0.29, 0.717) is 6.42 Å². The van der Waals surface area contributed by atoms with Gasteiger partial charge >= 0.3 is 0 Å². The number of rotatable bonds is 3. The highest BCUT2D eigenvalue weighted by atomic mass is 35.5. The zero-order valence-electron chi connectivity index (χ0n) is 12.4. The molecule has 3 aromatic rings. The van der Waals surface area contributed by atoms with Crippen molar-refractivity contribution >= 4 is 39.9 Å². The first-order valence-electron chi connectivity index (χ1n) is 7.69. The highest BCUT2D eigenvalue weighted by Gasteiger charge is 2.24. The lowest BCUT2D eigenvalue weighted by Crippen LogP contribution is -2.31. The van der Waals surface area contributed by atoms with E-state index in [4.69, 9.17) is 11.6 Å². The molecule has 1 aliphatic carbocycles. The summed E-state index contributed by atoms with van der Waals surface area (Å²) in [5, 5.41) is 4.17. The molecule has 0 unspecified atom stereocenters. The predicted octanol–water partition coefficient (Wildman–Crippen LogP) is 4.01. The number of aromatic nitrogens is 2. The Bertz CT molecular complexity index is 870. The second-order valence-electron chi connectivity index (χ2n) is 5.83. The third kappa shape index (κ3) is 2.86. The largest absolute Gasteiger partial charge is 0.349 e. The van der Waals surface area contributed by atoms with Crippen LogP contribution >= 0.6 is 22.9 Å². The summed E-state index contributed by atoms with van der Waals surface area (Å²) in [6.07, 6.45) is 7.09. The number of fused-ring (bicyclic) bond motifs is 2. The number of nitrogens with zero attached hydrogens (tertiary/aromatic N) is 1. The molecule has 0 spiro atoms. The minimum atomic E-state index is 0.0370. The Kier molecular flexibility index (Phi) is 3.83. The molecule has 3 aromatic heterocycles. The lowest BCUT2D eigenvalue weighted by molar-refractivity contribution is -0.121. The first kappa shape index (κ1) is 14.7. The van der Waals surface area contributed by atoms with Gasteiger partial charge in [-0.25, -0.2) is 4.98 Å². The number of aromatic amines is 1. The Balaban J connectivity index is 1.50. The van der Waals surface area contributed by atoms with Crippen LogP contribution in [0.15, 0.2) is 30.6 Å². The number of carbonyl (C=O) groups excluding carboxylic acids is 1. The Morgan fingerprint density at radius 2 is 2.43 bits per heavy atom. The van der Waals surface area contributed by atoms with Crippen LogP contribution in [-0.2, 0) is 17.6 Å². The maximum atomic E-state index is 12.5. The quantitative estimate of drug-likeness (QED) is 0.753. The summed E-state index contributed by atoms with van der Waals surface area (Å²) in [5.41, 5.74) is 2.99. The molecule has 4 rings (SSSR count). The fourth-order valence-corrected chi connectivity index (χ4v) is 4.63. The van der Waals surface area contributed by atoms with Crippen molar-refractivity contribution in [3.8, 4) is 0 Å². The van der Waals surface area contributed by atoms with Crippen LogP contribution in [0.5, 0.6) is 0 Å². The summed E-state index contributed by atoms with van der Waals surface area (Å²) in [6.45, 7) is 0. The van der Waals surface area contributed by atoms with Gasteiger partial charge in [0.05, 0.1) is 16.8 Å². The standard InChI is InChI=1S/C17H16ClN3OS/c18-15-8-12-13(4-1-5-14(12)23-15)21-16(22)7-10-9-20-17-11(10)3-2-6-19-17/h2-3,6,8-9,13H,1,4-5,7H2,(H,19,20)(H,21,22)/t13-/m1/s1. The summed E-state index contributed by atoms with van der Waals surface area (Å²) in [7, 11) is 0. The molecule has 0 radical (unpaired) electrons. The van der Waals surface area contributed by atoms with Gasteiger partial charge in [0.1, 0.15) is 5.65 Å². The Hall–Kier alpha value is -1.85. The van der Waals surface area contributed by atoms with Gasteiger partial charge < -0.3 is 10.3 Å². The van der Waals surface area contributed by atoms with Crippen LogP contribution in [-0.4, -0.2) is 15.9 Å². The first-order valence-corrected chi connectivity index (χ1v) is 8.88. The van der Waals surface area contributed by atoms with Crippen LogP contribution in [0.3, 0.4) is 0 Å². The van der Waals surface area contributed by atoms with Gasteiger partial charge in [-0.2, -0.15) is 0 Å². The number of thiophene rings is 1. The van der Waals surface area contributed by atoms with Gasteiger partial charge in [-0.3, -0.25) is 4.79 Å². The number of aryl methyl sites for hydroxylation is 1. The first-order chi connectivity index (χ1) is 11.2. The van der Waals surface area contributed by atoms with Crippen molar-refractivity contribution in [2.45, 2.75) is 31.7 Å². The second kappa shape index (κ2) is 5.98. The van der Waals surface area contributed by atoms with Crippen LogP contribution in [0.2, 0.25) is 4.34 Å². The monoisotopic (exact) mass is 345 g/mol. The smallest absolute Gasteiger partial charge is 0.224 e. The number of hydrogen-bond acceptors (Lipinski definition) is 3. The summed E-state index contributed by atoms with van der Waals surface area (Å²) in [6, 6.07) is 5.96. The molecule has 1 amide bonds. The van der Waals surface area contributed by atoms with Crippen molar-refractivity contribution < 1.29 is 4.79 Å². The number of pyridine rings is 1. The Morgan fingerprint density at radius 3 is 3.35 bits per heavy atom.